The molecule has 108 valence electrons. The van der Waals surface area contributed by atoms with Gasteiger partial charge >= 0.3 is 5.97 Å². The van der Waals surface area contributed by atoms with Gasteiger partial charge < -0.3 is 5.11 Å². The van der Waals surface area contributed by atoms with Crippen molar-refractivity contribution in [1.29, 1.82) is 0 Å². The van der Waals surface area contributed by atoms with E-state index in [1.54, 1.807) is 11.8 Å². The fraction of sp³-hybridized carbons (Fsp3) is 0.900. The molecular formula is C10H22N2O4S2. The van der Waals surface area contributed by atoms with Gasteiger partial charge in [-0.1, -0.05) is 6.42 Å². The van der Waals surface area contributed by atoms with E-state index in [-0.39, 0.29) is 13.0 Å². The second-order valence-corrected chi connectivity index (χ2v) is 6.77. The fourth-order valence-electron chi connectivity index (χ4n) is 1.23. The lowest BCUT2D eigenvalue weighted by Crippen LogP contribution is -2.39. The number of hydrogen-bond donors (Lipinski definition) is 2. The first-order valence-electron chi connectivity index (χ1n) is 5.82. The van der Waals surface area contributed by atoms with Gasteiger partial charge in [-0.25, -0.2) is 4.72 Å². The maximum Gasteiger partial charge on any atom is 0.304 e. The van der Waals surface area contributed by atoms with Gasteiger partial charge in [-0.3, -0.25) is 4.79 Å². The maximum absolute atomic E-state index is 11.6. The van der Waals surface area contributed by atoms with Crippen molar-refractivity contribution in [2.75, 3.05) is 32.1 Å². The molecule has 6 nitrogen and oxygen atoms in total. The number of nitrogens with one attached hydrogen (secondary N) is 1. The van der Waals surface area contributed by atoms with E-state index in [9.17, 15) is 13.2 Å². The number of aliphatic carboxylic acids is 1. The van der Waals surface area contributed by atoms with Crippen LogP contribution in [0.15, 0.2) is 0 Å². The number of rotatable bonds is 11. The SMILES string of the molecule is CSCCCCCNS(=O)(=O)N(C)CCC(=O)O. The lowest BCUT2D eigenvalue weighted by molar-refractivity contribution is -0.137. The second-order valence-electron chi connectivity index (χ2n) is 3.92. The summed E-state index contributed by atoms with van der Waals surface area (Å²) in [7, 11) is -2.16. The van der Waals surface area contributed by atoms with Gasteiger partial charge in [-0.2, -0.15) is 24.5 Å². The first kappa shape index (κ1) is 17.7. The lowest BCUT2D eigenvalue weighted by atomic mass is 10.2. The number of carboxylic acid groups (broad SMARTS) is 1. The molecule has 0 bridgehead atoms. The zero-order valence-corrected chi connectivity index (χ0v) is 12.5. The van der Waals surface area contributed by atoms with E-state index in [1.165, 1.54) is 7.05 Å². The molecule has 0 fully saturated rings. The normalized spacial score (nSPS) is 11.9. The summed E-state index contributed by atoms with van der Waals surface area (Å²) in [4.78, 5) is 10.3. The average Bonchev–Trinajstić information content (AvgIpc) is 2.30. The average molecular weight is 298 g/mol. The zero-order chi connectivity index (χ0) is 14.0. The smallest absolute Gasteiger partial charge is 0.304 e. The minimum absolute atomic E-state index is 0.0167. The number of thioether (sulfide) groups is 1. The van der Waals surface area contributed by atoms with Crippen LogP contribution in [0.25, 0.3) is 0 Å². The van der Waals surface area contributed by atoms with Gasteiger partial charge in [-0.15, -0.1) is 0 Å². The highest BCUT2D eigenvalue weighted by molar-refractivity contribution is 7.98. The van der Waals surface area contributed by atoms with E-state index < -0.39 is 16.2 Å². The number of carboxylic acids is 1. The molecule has 0 saturated carbocycles. The first-order valence-corrected chi connectivity index (χ1v) is 8.65. The van der Waals surface area contributed by atoms with Gasteiger partial charge in [-0.05, 0) is 24.9 Å². The molecule has 0 aliphatic carbocycles. The van der Waals surface area contributed by atoms with E-state index in [1.807, 2.05) is 6.26 Å². The molecule has 0 aromatic heterocycles. The van der Waals surface area contributed by atoms with E-state index in [2.05, 4.69) is 4.72 Å². The number of nitrogens with zero attached hydrogens (tertiary/aromatic N) is 1. The topological polar surface area (TPSA) is 86.7 Å². The van der Waals surface area contributed by atoms with Crippen LogP contribution in [0.1, 0.15) is 25.7 Å². The third kappa shape index (κ3) is 8.73. The van der Waals surface area contributed by atoms with Crippen LogP contribution in [0.4, 0.5) is 0 Å². The van der Waals surface area contributed by atoms with Crippen LogP contribution in [0.2, 0.25) is 0 Å². The van der Waals surface area contributed by atoms with Crippen molar-refractivity contribution >= 4 is 27.9 Å². The van der Waals surface area contributed by atoms with Gasteiger partial charge in [0.1, 0.15) is 0 Å². The summed E-state index contributed by atoms with van der Waals surface area (Å²) in [6.45, 7) is 0.380. The molecular weight excluding hydrogens is 276 g/mol. The monoisotopic (exact) mass is 298 g/mol. The summed E-state index contributed by atoms with van der Waals surface area (Å²) >= 11 is 1.78. The summed E-state index contributed by atoms with van der Waals surface area (Å²) in [5.74, 6) is 0.0831. The Balaban J connectivity index is 3.81. The minimum atomic E-state index is -3.53. The lowest BCUT2D eigenvalue weighted by Gasteiger charge is -2.16. The predicted octanol–water partition coefficient (Wildman–Crippen LogP) is 0.761. The predicted molar refractivity (Wildman–Crippen MR) is 74.0 cm³/mol. The molecule has 2 N–H and O–H groups in total. The Morgan fingerprint density at radius 2 is 2.00 bits per heavy atom. The molecule has 0 unspecified atom stereocenters. The van der Waals surface area contributed by atoms with Crippen LogP contribution in [-0.4, -0.2) is 55.9 Å². The van der Waals surface area contributed by atoms with E-state index in [0.29, 0.717) is 6.54 Å². The van der Waals surface area contributed by atoms with Gasteiger partial charge in [0.2, 0.25) is 0 Å². The van der Waals surface area contributed by atoms with Crippen LogP contribution in [0, 0.1) is 0 Å². The number of unbranched alkanes of at least 4 members (excludes halogenated alkanes) is 2. The molecule has 0 atom stereocenters. The Labute approximate surface area is 113 Å². The molecule has 0 rings (SSSR count). The van der Waals surface area contributed by atoms with Crippen LogP contribution in [0.3, 0.4) is 0 Å². The number of hydrogen-bond acceptors (Lipinski definition) is 4. The molecule has 0 spiro atoms. The summed E-state index contributed by atoms with van der Waals surface area (Å²) in [5, 5.41) is 8.48. The van der Waals surface area contributed by atoms with Crippen LogP contribution < -0.4 is 4.72 Å². The van der Waals surface area contributed by atoms with E-state index >= 15 is 0 Å². The summed E-state index contributed by atoms with van der Waals surface area (Å²) in [5.41, 5.74) is 0. The highest BCUT2D eigenvalue weighted by Crippen LogP contribution is 2.02. The molecule has 0 aliphatic rings. The number of carbonyl (C=O) groups is 1. The summed E-state index contributed by atoms with van der Waals surface area (Å²) in [6.07, 6.45) is 4.72. The van der Waals surface area contributed by atoms with Crippen LogP contribution in [0.5, 0.6) is 0 Å². The standard InChI is InChI=1S/C10H22N2O4S2/c1-12(8-6-10(13)14)18(15,16)11-7-4-3-5-9-17-2/h11H,3-9H2,1-2H3,(H,13,14). The first-order chi connectivity index (χ1) is 8.40. The van der Waals surface area contributed by atoms with Crippen molar-refractivity contribution in [2.45, 2.75) is 25.7 Å². The molecule has 0 aliphatic heterocycles. The highest BCUT2D eigenvalue weighted by atomic mass is 32.2. The highest BCUT2D eigenvalue weighted by Gasteiger charge is 2.17. The van der Waals surface area contributed by atoms with Gasteiger partial charge in [0, 0.05) is 20.1 Å². The van der Waals surface area contributed by atoms with Gasteiger partial charge in [0.05, 0.1) is 6.42 Å². The van der Waals surface area contributed by atoms with Crippen molar-refractivity contribution < 1.29 is 18.3 Å². The molecule has 0 amide bonds. The fourth-order valence-corrected chi connectivity index (χ4v) is 2.68. The van der Waals surface area contributed by atoms with Crippen molar-refractivity contribution in [3.63, 3.8) is 0 Å². The van der Waals surface area contributed by atoms with Gasteiger partial charge in [0.25, 0.3) is 10.2 Å². The van der Waals surface area contributed by atoms with E-state index in [4.69, 9.17) is 5.11 Å². The third-order valence-corrected chi connectivity index (χ3v) is 4.63. The van der Waals surface area contributed by atoms with E-state index in [0.717, 1.165) is 29.3 Å². The molecule has 0 heterocycles. The maximum atomic E-state index is 11.6. The molecule has 0 aromatic rings. The third-order valence-electron chi connectivity index (χ3n) is 2.36. The van der Waals surface area contributed by atoms with Crippen molar-refractivity contribution in [3.05, 3.63) is 0 Å². The molecule has 0 saturated heterocycles. The van der Waals surface area contributed by atoms with Crippen LogP contribution in [-0.2, 0) is 15.0 Å². The molecule has 8 heteroatoms. The quantitative estimate of drug-likeness (QED) is 0.550. The van der Waals surface area contributed by atoms with Crippen molar-refractivity contribution in [3.8, 4) is 0 Å². The molecule has 0 radical (unpaired) electrons. The Hall–Kier alpha value is -0.310. The summed E-state index contributed by atoms with van der Waals surface area (Å²) < 4.78 is 26.8. The Morgan fingerprint density at radius 1 is 1.33 bits per heavy atom. The molecule has 0 aromatic carbocycles. The Kier molecular flexibility index (Phi) is 9.43. The van der Waals surface area contributed by atoms with Gasteiger partial charge in [0.15, 0.2) is 0 Å². The largest absolute Gasteiger partial charge is 0.481 e. The minimum Gasteiger partial charge on any atom is -0.481 e. The van der Waals surface area contributed by atoms with Crippen molar-refractivity contribution in [2.24, 2.45) is 0 Å². The van der Waals surface area contributed by atoms with Crippen molar-refractivity contribution in [1.82, 2.24) is 9.03 Å². The Bertz CT molecular complexity index is 333. The second kappa shape index (κ2) is 9.60. The van der Waals surface area contributed by atoms with Crippen LogP contribution >= 0.6 is 11.8 Å². The summed E-state index contributed by atoms with van der Waals surface area (Å²) in [6, 6.07) is 0. The zero-order valence-electron chi connectivity index (χ0n) is 10.9. The Morgan fingerprint density at radius 3 is 2.56 bits per heavy atom. The molecule has 18 heavy (non-hydrogen) atoms.